The van der Waals surface area contributed by atoms with E-state index in [1.807, 2.05) is 0 Å². The van der Waals surface area contributed by atoms with Gasteiger partial charge >= 0.3 is 0 Å². The number of fused-ring (bicyclic) bond motifs is 3. The van der Waals surface area contributed by atoms with Crippen molar-refractivity contribution >= 4 is 43.6 Å². The van der Waals surface area contributed by atoms with E-state index in [0.29, 0.717) is 21.9 Å². The normalized spacial score (nSPS) is 17.0. The van der Waals surface area contributed by atoms with Crippen LogP contribution in [0.1, 0.15) is 19.8 Å². The number of rotatable bonds is 3. The second-order valence-electron chi connectivity index (χ2n) is 6.01. The van der Waals surface area contributed by atoms with Gasteiger partial charge in [-0.2, -0.15) is 0 Å². The van der Waals surface area contributed by atoms with Crippen LogP contribution in [0.2, 0.25) is 5.15 Å². The van der Waals surface area contributed by atoms with Crippen LogP contribution in [-0.4, -0.2) is 28.9 Å². The molecular formula is C14H12ClFN4O2S. The number of benzene rings is 1. The maximum atomic E-state index is 14.4. The molecule has 1 saturated carbocycles. The Morgan fingerprint density at radius 3 is 2.78 bits per heavy atom. The molecule has 0 aliphatic heterocycles. The van der Waals surface area contributed by atoms with Gasteiger partial charge in [-0.15, -0.1) is 0 Å². The number of H-pyrrole nitrogens is 1. The highest BCUT2D eigenvalue weighted by atomic mass is 35.5. The molecule has 1 aromatic carbocycles. The van der Waals surface area contributed by atoms with E-state index in [2.05, 4.69) is 19.7 Å². The molecule has 0 radical (unpaired) electrons. The molecule has 4 rings (SSSR count). The zero-order chi connectivity index (χ0) is 16.4. The summed E-state index contributed by atoms with van der Waals surface area (Å²) in [6.45, 7) is 1.79. The molecule has 3 aromatic rings. The monoisotopic (exact) mass is 354 g/mol. The molecule has 0 saturated heterocycles. The van der Waals surface area contributed by atoms with Gasteiger partial charge in [-0.3, -0.25) is 0 Å². The highest BCUT2D eigenvalue weighted by Crippen LogP contribution is 2.37. The average Bonchev–Trinajstić information content (AvgIpc) is 3.05. The van der Waals surface area contributed by atoms with Crippen molar-refractivity contribution in [3.8, 4) is 0 Å². The van der Waals surface area contributed by atoms with Gasteiger partial charge < -0.3 is 4.98 Å². The summed E-state index contributed by atoms with van der Waals surface area (Å²) in [5, 5.41) is 1.09. The summed E-state index contributed by atoms with van der Waals surface area (Å²) in [7, 11) is -3.94. The zero-order valence-electron chi connectivity index (χ0n) is 12.0. The van der Waals surface area contributed by atoms with Gasteiger partial charge in [0.15, 0.2) is 0 Å². The molecule has 0 spiro atoms. The van der Waals surface area contributed by atoms with Crippen molar-refractivity contribution in [1.82, 2.24) is 19.7 Å². The number of hydrogen-bond acceptors (Lipinski definition) is 4. The Hall–Kier alpha value is -1.77. The van der Waals surface area contributed by atoms with Crippen LogP contribution in [0.15, 0.2) is 23.4 Å². The molecule has 0 bridgehead atoms. The lowest BCUT2D eigenvalue weighted by Crippen LogP contribution is -2.34. The van der Waals surface area contributed by atoms with Crippen molar-refractivity contribution in [2.75, 3.05) is 0 Å². The van der Waals surface area contributed by atoms with Crippen LogP contribution in [-0.2, 0) is 10.0 Å². The summed E-state index contributed by atoms with van der Waals surface area (Å²) in [5.74, 6) is -0.838. The molecule has 0 unspecified atom stereocenters. The third kappa shape index (κ3) is 2.37. The number of hydrogen-bond donors (Lipinski definition) is 2. The highest BCUT2D eigenvalue weighted by Gasteiger charge is 2.42. The second-order valence-corrected chi connectivity index (χ2v) is 8.02. The van der Waals surface area contributed by atoms with E-state index in [0.717, 1.165) is 18.9 Å². The van der Waals surface area contributed by atoms with Crippen LogP contribution in [0.25, 0.3) is 21.9 Å². The molecule has 1 aliphatic rings. The summed E-state index contributed by atoms with van der Waals surface area (Å²) >= 11 is 6.03. The van der Waals surface area contributed by atoms with Crippen LogP contribution < -0.4 is 4.72 Å². The van der Waals surface area contributed by atoms with E-state index in [9.17, 15) is 12.8 Å². The molecule has 1 aliphatic carbocycles. The number of sulfonamides is 1. The predicted octanol–water partition coefficient (Wildman–Crippen LogP) is 2.73. The second kappa shape index (κ2) is 4.62. The summed E-state index contributed by atoms with van der Waals surface area (Å²) in [5.41, 5.74) is 0.385. The summed E-state index contributed by atoms with van der Waals surface area (Å²) < 4.78 is 41.8. The minimum atomic E-state index is -3.94. The molecule has 2 heterocycles. The number of halogens is 2. The van der Waals surface area contributed by atoms with Gasteiger partial charge in [-0.1, -0.05) is 11.6 Å². The average molecular weight is 355 g/mol. The molecule has 1 fully saturated rings. The van der Waals surface area contributed by atoms with Crippen LogP contribution in [0, 0.1) is 5.82 Å². The molecule has 0 atom stereocenters. The maximum Gasteiger partial charge on any atom is 0.244 e. The van der Waals surface area contributed by atoms with E-state index in [4.69, 9.17) is 11.6 Å². The van der Waals surface area contributed by atoms with Gasteiger partial charge in [0.05, 0.1) is 5.39 Å². The van der Waals surface area contributed by atoms with Gasteiger partial charge in [0.1, 0.15) is 27.8 Å². The van der Waals surface area contributed by atoms with Crippen LogP contribution in [0.5, 0.6) is 0 Å². The smallest absolute Gasteiger partial charge is 0.244 e. The fourth-order valence-corrected chi connectivity index (χ4v) is 4.35. The number of nitrogens with zero attached hydrogens (tertiary/aromatic N) is 2. The minimum absolute atomic E-state index is 0.180. The fraction of sp³-hybridized carbons (Fsp3) is 0.286. The van der Waals surface area contributed by atoms with Crippen molar-refractivity contribution in [2.45, 2.75) is 30.2 Å². The molecule has 2 N–H and O–H groups in total. The quantitative estimate of drug-likeness (QED) is 0.708. The topological polar surface area (TPSA) is 87.7 Å². The van der Waals surface area contributed by atoms with E-state index < -0.39 is 26.3 Å². The molecule has 2 aromatic heterocycles. The summed E-state index contributed by atoms with van der Waals surface area (Å²) in [6, 6.07) is 2.41. The van der Waals surface area contributed by atoms with Crippen molar-refractivity contribution in [1.29, 1.82) is 0 Å². The van der Waals surface area contributed by atoms with Crippen molar-refractivity contribution in [2.24, 2.45) is 0 Å². The first-order valence-electron chi connectivity index (χ1n) is 6.94. The third-order valence-corrected chi connectivity index (χ3v) is 6.01. The van der Waals surface area contributed by atoms with Gasteiger partial charge in [0.2, 0.25) is 10.0 Å². The highest BCUT2D eigenvalue weighted by molar-refractivity contribution is 7.89. The van der Waals surface area contributed by atoms with Gasteiger partial charge in [-0.05, 0) is 31.9 Å². The predicted molar refractivity (Wildman–Crippen MR) is 84.3 cm³/mol. The number of aromatic amines is 1. The van der Waals surface area contributed by atoms with Crippen LogP contribution >= 0.6 is 11.6 Å². The molecule has 9 heteroatoms. The van der Waals surface area contributed by atoms with Gasteiger partial charge in [-0.25, -0.2) is 27.5 Å². The van der Waals surface area contributed by atoms with Gasteiger partial charge in [0.25, 0.3) is 0 Å². The lowest BCUT2D eigenvalue weighted by Gasteiger charge is -2.12. The molecular weight excluding hydrogens is 343 g/mol. The SMILES string of the molecule is CC1(NS(=O)(=O)c2cc3[nH]c4ncnc(Cl)c4c3cc2F)CC1. The molecule has 120 valence electrons. The van der Waals surface area contributed by atoms with E-state index in [1.165, 1.54) is 12.4 Å². The Morgan fingerprint density at radius 1 is 1.35 bits per heavy atom. The summed E-state index contributed by atoms with van der Waals surface area (Å²) in [4.78, 5) is 10.4. The maximum absolute atomic E-state index is 14.4. The van der Waals surface area contributed by atoms with E-state index in [1.54, 1.807) is 6.92 Å². The molecule has 23 heavy (non-hydrogen) atoms. The van der Waals surface area contributed by atoms with Crippen LogP contribution in [0.3, 0.4) is 0 Å². The first kappa shape index (κ1) is 14.8. The number of nitrogens with one attached hydrogen (secondary N) is 2. The van der Waals surface area contributed by atoms with E-state index in [-0.39, 0.29) is 5.15 Å². The third-order valence-electron chi connectivity index (χ3n) is 4.07. The van der Waals surface area contributed by atoms with Crippen molar-refractivity contribution in [3.63, 3.8) is 0 Å². The molecule has 0 amide bonds. The zero-order valence-corrected chi connectivity index (χ0v) is 13.6. The lowest BCUT2D eigenvalue weighted by atomic mass is 10.2. The first-order valence-corrected chi connectivity index (χ1v) is 8.81. The van der Waals surface area contributed by atoms with Crippen molar-refractivity contribution < 1.29 is 12.8 Å². The number of aromatic nitrogens is 3. The Balaban J connectivity index is 1.94. The Kier molecular flexibility index (Phi) is 2.97. The van der Waals surface area contributed by atoms with Crippen LogP contribution in [0.4, 0.5) is 4.39 Å². The standard InChI is InChI=1S/C14H12ClFN4O2S/c1-14(2-3-14)20-23(21,22)10-5-9-7(4-8(10)16)11-12(15)17-6-18-13(11)19-9/h4-6,20H,2-3H2,1H3,(H,17,18,19). The van der Waals surface area contributed by atoms with Gasteiger partial charge in [0, 0.05) is 16.4 Å². The van der Waals surface area contributed by atoms with Crippen molar-refractivity contribution in [3.05, 3.63) is 29.4 Å². The first-order chi connectivity index (χ1) is 10.8. The Morgan fingerprint density at radius 2 is 2.09 bits per heavy atom. The largest absolute Gasteiger partial charge is 0.339 e. The van der Waals surface area contributed by atoms with E-state index >= 15 is 0 Å². The minimum Gasteiger partial charge on any atom is -0.339 e. The Bertz CT molecular complexity index is 1060. The summed E-state index contributed by atoms with van der Waals surface area (Å²) in [6.07, 6.45) is 2.77. The lowest BCUT2D eigenvalue weighted by molar-refractivity contribution is 0.541. The fourth-order valence-electron chi connectivity index (χ4n) is 2.56. The Labute approximate surface area is 136 Å². The molecule has 6 nitrogen and oxygen atoms in total.